The largest absolute Gasteiger partial charge is 0.494 e. The number of nitrogens with zero attached hydrogens (tertiary/aromatic N) is 1. The molecule has 0 bridgehead atoms. The van der Waals surface area contributed by atoms with Crippen molar-refractivity contribution in [3.05, 3.63) is 53.8 Å². The number of methoxy groups -OCH3 is 1. The molecule has 0 radical (unpaired) electrons. The third-order valence-corrected chi connectivity index (χ3v) is 5.81. The van der Waals surface area contributed by atoms with E-state index in [1.54, 1.807) is 24.3 Å². The molecule has 132 valence electrons. The summed E-state index contributed by atoms with van der Waals surface area (Å²) in [6.07, 6.45) is 0.566. The number of hydrogen-bond donors (Lipinski definition) is 1. The fourth-order valence-corrected chi connectivity index (χ4v) is 4.26. The number of hydrogen-bond acceptors (Lipinski definition) is 4. The molecule has 1 heterocycles. The van der Waals surface area contributed by atoms with Gasteiger partial charge in [0.25, 0.3) is 5.91 Å². The molecule has 3 rings (SSSR count). The van der Waals surface area contributed by atoms with Gasteiger partial charge in [-0.15, -0.1) is 0 Å². The lowest BCUT2D eigenvalue weighted by Gasteiger charge is -2.19. The molecule has 1 fully saturated rings. The molecule has 8 heteroatoms. The highest BCUT2D eigenvalue weighted by Gasteiger charge is 2.29. The van der Waals surface area contributed by atoms with Crippen LogP contribution in [0.1, 0.15) is 16.8 Å². The standard InChI is InChI=1S/C17H17FN2O4S/c1-24-16-11-12(20-9-4-10-25(20,22)23)7-8-15(16)19-17(21)13-5-2-3-6-14(13)18/h2-3,5-8,11H,4,9-10H2,1H3,(H,19,21). The normalized spacial score (nSPS) is 15.8. The van der Waals surface area contributed by atoms with Gasteiger partial charge in [0.15, 0.2) is 0 Å². The van der Waals surface area contributed by atoms with E-state index in [0.717, 1.165) is 0 Å². The van der Waals surface area contributed by atoms with E-state index >= 15 is 0 Å². The highest BCUT2D eigenvalue weighted by molar-refractivity contribution is 7.93. The Morgan fingerprint density at radius 1 is 1.24 bits per heavy atom. The first-order valence-corrected chi connectivity index (χ1v) is 9.27. The summed E-state index contributed by atoms with van der Waals surface area (Å²) >= 11 is 0. The van der Waals surface area contributed by atoms with Gasteiger partial charge in [-0.05, 0) is 30.7 Å². The SMILES string of the molecule is COc1cc(N2CCCS2(=O)=O)ccc1NC(=O)c1ccccc1F. The first-order valence-electron chi connectivity index (χ1n) is 7.67. The number of anilines is 2. The lowest BCUT2D eigenvalue weighted by Crippen LogP contribution is -2.25. The summed E-state index contributed by atoms with van der Waals surface area (Å²) in [5.74, 6) is -0.831. The van der Waals surface area contributed by atoms with Gasteiger partial charge in [0.2, 0.25) is 10.0 Å². The van der Waals surface area contributed by atoms with Crippen LogP contribution in [-0.2, 0) is 10.0 Å². The molecule has 0 spiro atoms. The summed E-state index contributed by atoms with van der Waals surface area (Å²) in [5.41, 5.74) is 0.713. The molecule has 2 aromatic rings. The first-order chi connectivity index (χ1) is 11.9. The van der Waals surface area contributed by atoms with Gasteiger partial charge < -0.3 is 10.1 Å². The average Bonchev–Trinajstić information content (AvgIpc) is 2.94. The Morgan fingerprint density at radius 2 is 2.00 bits per heavy atom. The Balaban J connectivity index is 1.88. The van der Waals surface area contributed by atoms with Crippen molar-refractivity contribution in [2.24, 2.45) is 0 Å². The van der Waals surface area contributed by atoms with Crippen LogP contribution in [0.25, 0.3) is 0 Å². The number of amides is 1. The summed E-state index contributed by atoms with van der Waals surface area (Å²) in [6.45, 7) is 0.409. The second-order valence-electron chi connectivity index (χ2n) is 5.56. The predicted octanol–water partition coefficient (Wildman–Crippen LogP) is 2.63. The molecule has 6 nitrogen and oxygen atoms in total. The number of nitrogens with one attached hydrogen (secondary N) is 1. The number of carbonyl (C=O) groups excluding carboxylic acids is 1. The van der Waals surface area contributed by atoms with Gasteiger partial charge in [0.1, 0.15) is 11.6 Å². The molecule has 0 aliphatic carbocycles. The third kappa shape index (κ3) is 3.43. The van der Waals surface area contributed by atoms with Gasteiger partial charge in [0, 0.05) is 12.6 Å². The minimum absolute atomic E-state index is 0.0873. The van der Waals surface area contributed by atoms with Gasteiger partial charge in [0.05, 0.1) is 29.8 Å². The van der Waals surface area contributed by atoms with Crippen molar-refractivity contribution in [3.8, 4) is 5.75 Å². The molecule has 1 saturated heterocycles. The fraction of sp³-hybridized carbons (Fsp3) is 0.235. The van der Waals surface area contributed by atoms with Crippen LogP contribution in [0, 0.1) is 5.82 Å². The van der Waals surface area contributed by atoms with Crippen molar-refractivity contribution < 1.29 is 22.3 Å². The lowest BCUT2D eigenvalue weighted by atomic mass is 10.2. The van der Waals surface area contributed by atoms with Gasteiger partial charge in [-0.2, -0.15) is 0 Å². The molecule has 2 aromatic carbocycles. The van der Waals surface area contributed by atoms with E-state index in [1.807, 2.05) is 0 Å². The monoisotopic (exact) mass is 364 g/mol. The Kier molecular flexibility index (Phi) is 4.63. The maximum Gasteiger partial charge on any atom is 0.258 e. The Bertz CT molecular complexity index is 915. The van der Waals surface area contributed by atoms with Crippen LogP contribution >= 0.6 is 0 Å². The first kappa shape index (κ1) is 17.2. The maximum atomic E-state index is 13.7. The van der Waals surface area contributed by atoms with Crippen molar-refractivity contribution in [1.29, 1.82) is 0 Å². The molecule has 25 heavy (non-hydrogen) atoms. The molecule has 0 saturated carbocycles. The number of halogens is 1. The van der Waals surface area contributed by atoms with E-state index in [0.29, 0.717) is 30.1 Å². The van der Waals surface area contributed by atoms with Crippen LogP contribution in [0.4, 0.5) is 15.8 Å². The van der Waals surface area contributed by atoms with Crippen LogP contribution in [-0.4, -0.2) is 33.7 Å². The van der Waals surface area contributed by atoms with E-state index in [-0.39, 0.29) is 11.3 Å². The van der Waals surface area contributed by atoms with E-state index in [9.17, 15) is 17.6 Å². The Hall–Kier alpha value is -2.61. The quantitative estimate of drug-likeness (QED) is 0.905. The second-order valence-corrected chi connectivity index (χ2v) is 7.57. The molecule has 1 aliphatic heterocycles. The number of benzene rings is 2. The van der Waals surface area contributed by atoms with Crippen LogP contribution < -0.4 is 14.4 Å². The molecule has 1 aliphatic rings. The van der Waals surface area contributed by atoms with E-state index in [4.69, 9.17) is 4.74 Å². The van der Waals surface area contributed by atoms with Crippen molar-refractivity contribution in [2.45, 2.75) is 6.42 Å². The highest BCUT2D eigenvalue weighted by Crippen LogP contribution is 2.33. The molecule has 0 atom stereocenters. The van der Waals surface area contributed by atoms with Crippen LogP contribution in [0.2, 0.25) is 0 Å². The summed E-state index contributed by atoms with van der Waals surface area (Å²) < 4.78 is 44.3. The zero-order valence-corrected chi connectivity index (χ0v) is 14.3. The van der Waals surface area contributed by atoms with Crippen molar-refractivity contribution in [2.75, 3.05) is 29.0 Å². The van der Waals surface area contributed by atoms with Gasteiger partial charge in [-0.25, -0.2) is 12.8 Å². The number of sulfonamides is 1. The number of rotatable bonds is 4. The summed E-state index contributed by atoms with van der Waals surface area (Å²) in [4.78, 5) is 12.2. The maximum absolute atomic E-state index is 13.7. The summed E-state index contributed by atoms with van der Waals surface area (Å²) in [5, 5.41) is 2.59. The van der Waals surface area contributed by atoms with Crippen LogP contribution in [0.5, 0.6) is 5.75 Å². The van der Waals surface area contributed by atoms with Crippen molar-refractivity contribution in [1.82, 2.24) is 0 Å². The Morgan fingerprint density at radius 3 is 2.64 bits per heavy atom. The van der Waals surface area contributed by atoms with E-state index < -0.39 is 21.7 Å². The molecule has 0 unspecified atom stereocenters. The second kappa shape index (κ2) is 6.72. The summed E-state index contributed by atoms with van der Waals surface area (Å²) in [7, 11) is -1.90. The number of ether oxygens (including phenoxy) is 1. The highest BCUT2D eigenvalue weighted by atomic mass is 32.2. The van der Waals surface area contributed by atoms with Crippen LogP contribution in [0.15, 0.2) is 42.5 Å². The topological polar surface area (TPSA) is 75.7 Å². The van der Waals surface area contributed by atoms with Crippen molar-refractivity contribution in [3.63, 3.8) is 0 Å². The third-order valence-electron chi connectivity index (χ3n) is 3.94. The zero-order chi connectivity index (χ0) is 18.0. The van der Waals surface area contributed by atoms with Gasteiger partial charge >= 0.3 is 0 Å². The number of carbonyl (C=O) groups is 1. The lowest BCUT2D eigenvalue weighted by molar-refractivity contribution is 0.102. The average molecular weight is 364 g/mol. The minimum Gasteiger partial charge on any atom is -0.494 e. The molecule has 1 amide bonds. The molecule has 1 N–H and O–H groups in total. The minimum atomic E-state index is -3.31. The smallest absolute Gasteiger partial charge is 0.258 e. The fourth-order valence-electron chi connectivity index (χ4n) is 2.70. The van der Waals surface area contributed by atoms with Crippen molar-refractivity contribution >= 4 is 27.3 Å². The van der Waals surface area contributed by atoms with E-state index in [1.165, 1.54) is 29.6 Å². The molecule has 0 aromatic heterocycles. The summed E-state index contributed by atoms with van der Waals surface area (Å²) in [6, 6.07) is 10.3. The van der Waals surface area contributed by atoms with E-state index in [2.05, 4.69) is 5.32 Å². The van der Waals surface area contributed by atoms with Gasteiger partial charge in [-0.3, -0.25) is 9.10 Å². The Labute approximate surface area is 145 Å². The van der Waals surface area contributed by atoms with Crippen LogP contribution in [0.3, 0.4) is 0 Å². The molecular formula is C17H17FN2O4S. The predicted molar refractivity (Wildman–Crippen MR) is 93.1 cm³/mol. The zero-order valence-electron chi connectivity index (χ0n) is 13.5. The van der Waals surface area contributed by atoms with Gasteiger partial charge in [-0.1, -0.05) is 12.1 Å². The molecular weight excluding hydrogens is 347 g/mol.